The van der Waals surface area contributed by atoms with Crippen molar-refractivity contribution in [2.45, 2.75) is 44.0 Å². The Kier molecular flexibility index (Phi) is 7.71. The second kappa shape index (κ2) is 11.2. The average molecular weight is 531 g/mol. The molecule has 1 aliphatic heterocycles. The number of nitrogens with zero attached hydrogens (tertiary/aromatic N) is 2. The Morgan fingerprint density at radius 3 is 2.55 bits per heavy atom. The second-order valence-electron chi connectivity index (χ2n) is 9.52. The van der Waals surface area contributed by atoms with Crippen molar-refractivity contribution in [2.24, 2.45) is 0 Å². The summed E-state index contributed by atoms with van der Waals surface area (Å²) in [6.45, 7) is 2.51. The molecule has 202 valence electrons. The SMILES string of the molecule is COC(=O)C[C@@H](c1ccc(O[C@@H]2CCc3c2ccc(C(F)(F)F)c3CN2CCOCC2)cc1)c1ccon1. The van der Waals surface area contributed by atoms with Gasteiger partial charge in [-0.1, -0.05) is 23.4 Å². The Morgan fingerprint density at radius 1 is 1.13 bits per heavy atom. The minimum Gasteiger partial charge on any atom is -0.486 e. The molecule has 1 aliphatic carbocycles. The number of morpholine rings is 1. The van der Waals surface area contributed by atoms with E-state index in [1.807, 2.05) is 17.0 Å². The molecule has 1 saturated heterocycles. The molecule has 2 atom stereocenters. The zero-order valence-corrected chi connectivity index (χ0v) is 21.0. The highest BCUT2D eigenvalue weighted by molar-refractivity contribution is 5.71. The zero-order valence-electron chi connectivity index (χ0n) is 21.0. The van der Waals surface area contributed by atoms with Gasteiger partial charge in [0.25, 0.3) is 0 Å². The van der Waals surface area contributed by atoms with E-state index in [1.54, 1.807) is 24.3 Å². The Balaban J connectivity index is 1.36. The van der Waals surface area contributed by atoms with Gasteiger partial charge in [-0.2, -0.15) is 13.2 Å². The minimum atomic E-state index is -4.42. The quantitative estimate of drug-likeness (QED) is 0.367. The number of methoxy groups -OCH3 is 1. The largest absolute Gasteiger partial charge is 0.486 e. The van der Waals surface area contributed by atoms with Crippen molar-refractivity contribution in [3.63, 3.8) is 0 Å². The molecule has 0 N–H and O–H groups in total. The maximum atomic E-state index is 13.9. The molecule has 5 rings (SSSR count). The van der Waals surface area contributed by atoms with Crippen molar-refractivity contribution in [1.82, 2.24) is 10.1 Å². The molecule has 0 bridgehead atoms. The van der Waals surface area contributed by atoms with Gasteiger partial charge in [-0.05, 0) is 53.3 Å². The summed E-state index contributed by atoms with van der Waals surface area (Å²) in [6, 6.07) is 11.8. The number of hydrogen-bond acceptors (Lipinski definition) is 7. The van der Waals surface area contributed by atoms with Crippen LogP contribution in [0.3, 0.4) is 0 Å². The third-order valence-electron chi connectivity index (χ3n) is 7.24. The van der Waals surface area contributed by atoms with Crippen molar-refractivity contribution in [1.29, 1.82) is 0 Å². The Bertz CT molecular complexity index is 1240. The molecule has 38 heavy (non-hydrogen) atoms. The van der Waals surface area contributed by atoms with E-state index >= 15 is 0 Å². The summed E-state index contributed by atoms with van der Waals surface area (Å²) in [7, 11) is 1.34. The van der Waals surface area contributed by atoms with Crippen molar-refractivity contribution in [3.05, 3.63) is 82.2 Å². The van der Waals surface area contributed by atoms with Gasteiger partial charge >= 0.3 is 12.1 Å². The summed E-state index contributed by atoms with van der Waals surface area (Å²) >= 11 is 0. The fraction of sp³-hybridized carbons (Fsp3) is 0.429. The van der Waals surface area contributed by atoms with E-state index in [-0.39, 0.29) is 31.0 Å². The fourth-order valence-electron chi connectivity index (χ4n) is 5.28. The number of halogens is 3. The van der Waals surface area contributed by atoms with Crippen molar-refractivity contribution >= 4 is 5.97 Å². The van der Waals surface area contributed by atoms with E-state index in [2.05, 4.69) is 5.16 Å². The summed E-state index contributed by atoms with van der Waals surface area (Å²) in [5, 5.41) is 3.98. The molecule has 0 amide bonds. The first-order valence-corrected chi connectivity index (χ1v) is 12.6. The van der Waals surface area contributed by atoms with Gasteiger partial charge in [-0.15, -0.1) is 0 Å². The van der Waals surface area contributed by atoms with Crippen LogP contribution in [0.5, 0.6) is 5.75 Å². The van der Waals surface area contributed by atoms with Gasteiger partial charge in [0.05, 0.1) is 38.0 Å². The van der Waals surface area contributed by atoms with Crippen LogP contribution in [-0.4, -0.2) is 49.4 Å². The van der Waals surface area contributed by atoms with E-state index in [4.69, 9.17) is 18.7 Å². The van der Waals surface area contributed by atoms with Gasteiger partial charge in [-0.3, -0.25) is 9.69 Å². The Morgan fingerprint density at radius 2 is 1.89 bits per heavy atom. The first-order chi connectivity index (χ1) is 18.3. The Labute approximate surface area is 218 Å². The lowest BCUT2D eigenvalue weighted by Gasteiger charge is -2.29. The number of rotatable bonds is 8. The molecule has 0 saturated carbocycles. The maximum absolute atomic E-state index is 13.9. The second-order valence-corrected chi connectivity index (χ2v) is 9.52. The van der Waals surface area contributed by atoms with E-state index in [1.165, 1.54) is 19.4 Å². The van der Waals surface area contributed by atoms with E-state index in [9.17, 15) is 18.0 Å². The third-order valence-corrected chi connectivity index (χ3v) is 7.24. The number of hydrogen-bond donors (Lipinski definition) is 0. The zero-order chi connectivity index (χ0) is 26.7. The van der Waals surface area contributed by atoms with Crippen LogP contribution >= 0.6 is 0 Å². The highest BCUT2D eigenvalue weighted by atomic mass is 19.4. The predicted molar refractivity (Wildman–Crippen MR) is 131 cm³/mol. The standard InChI is InChI=1S/C28H29F3N2O5/c1-35-27(34)16-22(25-10-13-37-32-25)18-2-4-19(5-3-18)38-26-9-7-20-21(26)6-8-24(28(29,30)31)23(20)17-33-11-14-36-15-12-33/h2-6,8,10,13,22,26H,7,9,11-12,14-17H2,1H3/t22-,26+/m0/s1. The lowest BCUT2D eigenvalue weighted by atomic mass is 9.92. The van der Waals surface area contributed by atoms with Crippen LogP contribution in [0.15, 0.2) is 53.3 Å². The van der Waals surface area contributed by atoms with Crippen molar-refractivity contribution < 1.29 is 36.7 Å². The number of esters is 1. The Hall–Kier alpha value is -3.37. The molecule has 2 aromatic carbocycles. The number of carbonyl (C=O) groups is 1. The van der Waals surface area contributed by atoms with Gasteiger partial charge in [0.2, 0.25) is 0 Å². The van der Waals surface area contributed by atoms with Gasteiger partial charge in [-0.25, -0.2) is 0 Å². The molecule has 2 heterocycles. The van der Waals surface area contributed by atoms with Gasteiger partial charge in [0.1, 0.15) is 18.1 Å². The molecule has 10 heteroatoms. The predicted octanol–water partition coefficient (Wildman–Crippen LogP) is 5.29. The molecule has 0 spiro atoms. The van der Waals surface area contributed by atoms with Crippen LogP contribution in [0, 0.1) is 0 Å². The van der Waals surface area contributed by atoms with Crippen LogP contribution in [0.25, 0.3) is 0 Å². The molecule has 1 aromatic heterocycles. The maximum Gasteiger partial charge on any atom is 0.416 e. The van der Waals surface area contributed by atoms with E-state index in [0.29, 0.717) is 56.2 Å². The number of benzene rings is 2. The summed E-state index contributed by atoms with van der Waals surface area (Å²) < 4.78 is 63.1. The summed E-state index contributed by atoms with van der Waals surface area (Å²) in [5.74, 6) is -0.115. The van der Waals surface area contributed by atoms with Gasteiger partial charge in [0.15, 0.2) is 0 Å². The van der Waals surface area contributed by atoms with Crippen LogP contribution in [-0.2, 0) is 33.4 Å². The molecule has 0 radical (unpaired) electrons. The van der Waals surface area contributed by atoms with Crippen molar-refractivity contribution in [2.75, 3.05) is 33.4 Å². The lowest BCUT2D eigenvalue weighted by molar-refractivity contribution is -0.141. The normalized spacial score (nSPS) is 18.7. The monoisotopic (exact) mass is 530 g/mol. The average Bonchev–Trinajstić information content (AvgIpc) is 3.59. The molecule has 1 fully saturated rings. The first-order valence-electron chi connectivity index (χ1n) is 12.6. The third kappa shape index (κ3) is 5.71. The van der Waals surface area contributed by atoms with Crippen LogP contribution in [0.4, 0.5) is 13.2 Å². The van der Waals surface area contributed by atoms with Gasteiger partial charge in [0, 0.05) is 31.6 Å². The number of aromatic nitrogens is 1. The smallest absolute Gasteiger partial charge is 0.416 e. The molecular weight excluding hydrogens is 501 g/mol. The molecule has 3 aromatic rings. The summed E-state index contributed by atoms with van der Waals surface area (Å²) in [5.41, 5.74) is 2.76. The fourth-order valence-corrected chi connectivity index (χ4v) is 5.28. The molecule has 0 unspecified atom stereocenters. The molecule has 7 nitrogen and oxygen atoms in total. The summed E-state index contributed by atoms with van der Waals surface area (Å²) in [6.07, 6.45) is -2.09. The van der Waals surface area contributed by atoms with Gasteiger partial charge < -0.3 is 18.7 Å². The minimum absolute atomic E-state index is 0.104. The molecule has 2 aliphatic rings. The summed E-state index contributed by atoms with van der Waals surface area (Å²) in [4.78, 5) is 14.0. The highest BCUT2D eigenvalue weighted by Crippen LogP contribution is 2.42. The van der Waals surface area contributed by atoms with Crippen LogP contribution in [0.2, 0.25) is 0 Å². The lowest BCUT2D eigenvalue weighted by Crippen LogP contribution is -2.36. The highest BCUT2D eigenvalue weighted by Gasteiger charge is 2.38. The van der Waals surface area contributed by atoms with E-state index < -0.39 is 11.7 Å². The molecular formula is C28H29F3N2O5. The van der Waals surface area contributed by atoms with E-state index in [0.717, 1.165) is 16.7 Å². The number of carbonyl (C=O) groups excluding carboxylic acids is 1. The number of alkyl halides is 3. The first kappa shape index (κ1) is 26.2. The number of fused-ring (bicyclic) bond motifs is 1. The topological polar surface area (TPSA) is 74.0 Å². The van der Waals surface area contributed by atoms with Crippen LogP contribution in [0.1, 0.15) is 58.4 Å². The van der Waals surface area contributed by atoms with Crippen LogP contribution < -0.4 is 4.74 Å². The van der Waals surface area contributed by atoms with Crippen molar-refractivity contribution in [3.8, 4) is 5.75 Å². The number of ether oxygens (including phenoxy) is 3.